The predicted octanol–water partition coefficient (Wildman–Crippen LogP) is 0.596. The molecule has 1 aromatic heterocycles. The van der Waals surface area contributed by atoms with Crippen LogP contribution in [0, 0.1) is 5.92 Å². The van der Waals surface area contributed by atoms with Gasteiger partial charge in [0.25, 0.3) is 0 Å². The topological polar surface area (TPSA) is 71.8 Å². The quantitative estimate of drug-likeness (QED) is 0.804. The molecule has 1 unspecified atom stereocenters. The Labute approximate surface area is 119 Å². The molecular formula is C12H22ClN5O. The lowest BCUT2D eigenvalue weighted by molar-refractivity contribution is -0.121. The lowest BCUT2D eigenvalue weighted by Crippen LogP contribution is -2.33. The molecule has 108 valence electrons. The standard InChI is InChI=1S/C12H21N5O.ClH/c18-12(4-8-17-9-7-15-16-17)14-6-3-11-2-1-5-13-10-11;/h7,9,11,13H,1-6,8,10H2,(H,14,18);1H. The van der Waals surface area contributed by atoms with Gasteiger partial charge in [-0.25, -0.2) is 0 Å². The molecule has 0 bridgehead atoms. The molecule has 1 aliphatic heterocycles. The van der Waals surface area contributed by atoms with E-state index in [2.05, 4.69) is 20.9 Å². The van der Waals surface area contributed by atoms with Crippen molar-refractivity contribution in [3.63, 3.8) is 0 Å². The van der Waals surface area contributed by atoms with Crippen LogP contribution in [0.2, 0.25) is 0 Å². The highest BCUT2D eigenvalue weighted by molar-refractivity contribution is 5.85. The maximum Gasteiger partial charge on any atom is 0.221 e. The lowest BCUT2D eigenvalue weighted by Gasteiger charge is -2.22. The number of hydrogen-bond acceptors (Lipinski definition) is 4. The van der Waals surface area contributed by atoms with E-state index < -0.39 is 0 Å². The molecule has 0 aromatic carbocycles. The number of piperidine rings is 1. The minimum atomic E-state index is 0. The number of rotatable bonds is 6. The van der Waals surface area contributed by atoms with Crippen molar-refractivity contribution in [3.8, 4) is 0 Å². The Balaban J connectivity index is 0.00000180. The molecule has 0 aliphatic carbocycles. The van der Waals surface area contributed by atoms with E-state index in [1.807, 2.05) is 0 Å². The highest BCUT2D eigenvalue weighted by Gasteiger charge is 2.12. The minimum Gasteiger partial charge on any atom is -0.356 e. The van der Waals surface area contributed by atoms with Gasteiger partial charge in [0, 0.05) is 19.2 Å². The van der Waals surface area contributed by atoms with Crippen LogP contribution in [0.4, 0.5) is 0 Å². The van der Waals surface area contributed by atoms with Crippen molar-refractivity contribution in [1.29, 1.82) is 0 Å². The van der Waals surface area contributed by atoms with Crippen LogP contribution < -0.4 is 10.6 Å². The number of nitrogens with zero attached hydrogens (tertiary/aromatic N) is 3. The summed E-state index contributed by atoms with van der Waals surface area (Å²) in [4.78, 5) is 11.6. The fourth-order valence-electron chi connectivity index (χ4n) is 2.24. The van der Waals surface area contributed by atoms with E-state index in [-0.39, 0.29) is 18.3 Å². The van der Waals surface area contributed by atoms with Crippen LogP contribution in [0.5, 0.6) is 0 Å². The first-order chi connectivity index (χ1) is 8.84. The van der Waals surface area contributed by atoms with Crippen molar-refractivity contribution in [2.45, 2.75) is 32.2 Å². The van der Waals surface area contributed by atoms with Crippen LogP contribution in [-0.4, -0.2) is 40.5 Å². The van der Waals surface area contributed by atoms with Gasteiger partial charge in [0.1, 0.15) is 0 Å². The second-order valence-electron chi connectivity index (χ2n) is 4.77. The SMILES string of the molecule is Cl.O=C(CCn1ccnn1)NCCC1CCCNC1. The van der Waals surface area contributed by atoms with Gasteiger partial charge >= 0.3 is 0 Å². The first kappa shape index (κ1) is 15.9. The third-order valence-corrected chi connectivity index (χ3v) is 3.31. The van der Waals surface area contributed by atoms with Gasteiger partial charge in [-0.15, -0.1) is 17.5 Å². The summed E-state index contributed by atoms with van der Waals surface area (Å²) in [6.07, 6.45) is 7.45. The Morgan fingerprint density at radius 2 is 2.42 bits per heavy atom. The molecule has 0 spiro atoms. The summed E-state index contributed by atoms with van der Waals surface area (Å²) in [5.41, 5.74) is 0. The number of halogens is 1. The summed E-state index contributed by atoms with van der Waals surface area (Å²) >= 11 is 0. The predicted molar refractivity (Wildman–Crippen MR) is 75.1 cm³/mol. The van der Waals surface area contributed by atoms with E-state index >= 15 is 0 Å². The molecule has 2 heterocycles. The molecular weight excluding hydrogens is 266 g/mol. The van der Waals surface area contributed by atoms with Gasteiger partial charge < -0.3 is 10.6 Å². The molecule has 1 aromatic rings. The average Bonchev–Trinajstić information content (AvgIpc) is 2.91. The smallest absolute Gasteiger partial charge is 0.221 e. The summed E-state index contributed by atoms with van der Waals surface area (Å²) < 4.78 is 1.67. The number of aryl methyl sites for hydroxylation is 1. The summed E-state index contributed by atoms with van der Waals surface area (Å²) in [6, 6.07) is 0. The summed E-state index contributed by atoms with van der Waals surface area (Å²) in [7, 11) is 0. The van der Waals surface area contributed by atoms with E-state index in [0.717, 1.165) is 32.0 Å². The monoisotopic (exact) mass is 287 g/mol. The van der Waals surface area contributed by atoms with E-state index in [0.29, 0.717) is 13.0 Å². The van der Waals surface area contributed by atoms with Gasteiger partial charge in [-0.05, 0) is 38.3 Å². The Hall–Kier alpha value is -1.14. The van der Waals surface area contributed by atoms with Crippen LogP contribution in [0.3, 0.4) is 0 Å². The van der Waals surface area contributed by atoms with Crippen LogP contribution in [-0.2, 0) is 11.3 Å². The van der Waals surface area contributed by atoms with Crippen LogP contribution in [0.25, 0.3) is 0 Å². The Morgan fingerprint density at radius 3 is 3.11 bits per heavy atom. The van der Waals surface area contributed by atoms with E-state index in [9.17, 15) is 4.79 Å². The molecule has 6 nitrogen and oxygen atoms in total. The van der Waals surface area contributed by atoms with Gasteiger partial charge in [0.2, 0.25) is 5.91 Å². The molecule has 0 radical (unpaired) electrons. The molecule has 1 aliphatic rings. The fourth-order valence-corrected chi connectivity index (χ4v) is 2.24. The second-order valence-corrected chi connectivity index (χ2v) is 4.77. The first-order valence-corrected chi connectivity index (χ1v) is 6.66. The summed E-state index contributed by atoms with van der Waals surface area (Å²) in [5, 5.41) is 13.9. The normalized spacial score (nSPS) is 18.6. The zero-order valence-corrected chi connectivity index (χ0v) is 11.9. The molecule has 1 atom stereocenters. The number of amides is 1. The van der Waals surface area contributed by atoms with Gasteiger partial charge in [-0.1, -0.05) is 5.21 Å². The van der Waals surface area contributed by atoms with Crippen molar-refractivity contribution in [1.82, 2.24) is 25.6 Å². The highest BCUT2D eigenvalue weighted by atomic mass is 35.5. The van der Waals surface area contributed by atoms with E-state index in [4.69, 9.17) is 0 Å². The fraction of sp³-hybridized carbons (Fsp3) is 0.750. The van der Waals surface area contributed by atoms with Crippen molar-refractivity contribution >= 4 is 18.3 Å². The molecule has 2 rings (SSSR count). The zero-order chi connectivity index (χ0) is 12.6. The van der Waals surface area contributed by atoms with Crippen LogP contribution >= 0.6 is 12.4 Å². The second kappa shape index (κ2) is 8.87. The van der Waals surface area contributed by atoms with E-state index in [1.165, 1.54) is 12.8 Å². The third-order valence-electron chi connectivity index (χ3n) is 3.31. The van der Waals surface area contributed by atoms with Crippen molar-refractivity contribution in [2.75, 3.05) is 19.6 Å². The average molecular weight is 288 g/mol. The highest BCUT2D eigenvalue weighted by Crippen LogP contribution is 2.12. The molecule has 7 heteroatoms. The Kier molecular flexibility index (Phi) is 7.43. The van der Waals surface area contributed by atoms with Crippen LogP contribution in [0.15, 0.2) is 12.4 Å². The van der Waals surface area contributed by atoms with Crippen LogP contribution in [0.1, 0.15) is 25.7 Å². The third kappa shape index (κ3) is 6.02. The summed E-state index contributed by atoms with van der Waals surface area (Å²) in [6.45, 7) is 3.61. The Morgan fingerprint density at radius 1 is 1.53 bits per heavy atom. The van der Waals surface area contributed by atoms with Crippen molar-refractivity contribution in [3.05, 3.63) is 12.4 Å². The molecule has 19 heavy (non-hydrogen) atoms. The number of carbonyl (C=O) groups excluding carboxylic acids is 1. The maximum atomic E-state index is 11.6. The van der Waals surface area contributed by atoms with Gasteiger partial charge in [-0.3, -0.25) is 9.48 Å². The largest absolute Gasteiger partial charge is 0.356 e. The molecule has 1 saturated heterocycles. The zero-order valence-electron chi connectivity index (χ0n) is 11.0. The Bertz CT molecular complexity index is 351. The molecule has 0 saturated carbocycles. The lowest BCUT2D eigenvalue weighted by atomic mass is 9.96. The van der Waals surface area contributed by atoms with Gasteiger partial charge in [0.05, 0.1) is 12.7 Å². The first-order valence-electron chi connectivity index (χ1n) is 6.66. The number of hydrogen-bond donors (Lipinski definition) is 2. The number of carbonyl (C=O) groups is 1. The van der Waals surface area contributed by atoms with Crippen molar-refractivity contribution in [2.24, 2.45) is 5.92 Å². The minimum absolute atomic E-state index is 0. The number of aromatic nitrogens is 3. The van der Waals surface area contributed by atoms with Crippen molar-refractivity contribution < 1.29 is 4.79 Å². The molecule has 2 N–H and O–H groups in total. The maximum absolute atomic E-state index is 11.6. The van der Waals surface area contributed by atoms with E-state index in [1.54, 1.807) is 17.1 Å². The molecule has 1 amide bonds. The van der Waals surface area contributed by atoms with Gasteiger partial charge in [0.15, 0.2) is 0 Å². The summed E-state index contributed by atoms with van der Waals surface area (Å²) in [5.74, 6) is 0.809. The molecule has 1 fully saturated rings. The van der Waals surface area contributed by atoms with Gasteiger partial charge in [-0.2, -0.15) is 0 Å². The number of nitrogens with one attached hydrogen (secondary N) is 2.